The summed E-state index contributed by atoms with van der Waals surface area (Å²) in [5.41, 5.74) is 1.18. The van der Waals surface area contributed by atoms with Crippen LogP contribution in [0.15, 0.2) is 43.0 Å². The molecule has 0 aliphatic carbocycles. The van der Waals surface area contributed by atoms with Crippen LogP contribution in [-0.4, -0.2) is 4.51 Å². The highest BCUT2D eigenvalue weighted by atomic mass is 79.9. The molecule has 0 amide bonds. The zero-order chi connectivity index (χ0) is 11.1. The van der Waals surface area contributed by atoms with Crippen LogP contribution in [0.5, 0.6) is 0 Å². The van der Waals surface area contributed by atoms with Crippen molar-refractivity contribution in [2.24, 2.45) is 0 Å². The second-order valence-electron chi connectivity index (χ2n) is 3.51. The molecule has 0 bridgehead atoms. The van der Waals surface area contributed by atoms with Crippen LogP contribution in [0.2, 0.25) is 0 Å². The molecule has 0 radical (unpaired) electrons. The third-order valence-electron chi connectivity index (χ3n) is 2.22. The maximum Gasteiger partial charge on any atom is 0.141 e. The molecule has 0 heterocycles. The molecule has 1 atom stereocenters. The minimum Gasteiger partial charge on any atom is -0.355 e. The van der Waals surface area contributed by atoms with Crippen LogP contribution in [0, 0.1) is 0 Å². The zero-order valence-corrected chi connectivity index (χ0v) is 10.7. The van der Waals surface area contributed by atoms with Gasteiger partial charge in [0.15, 0.2) is 0 Å². The summed E-state index contributed by atoms with van der Waals surface area (Å²) < 4.78 is 5.43. The van der Waals surface area contributed by atoms with E-state index in [0.29, 0.717) is 6.61 Å². The molecule has 1 aromatic carbocycles. The van der Waals surface area contributed by atoms with Gasteiger partial charge in [0.2, 0.25) is 0 Å². The number of alkyl halides is 1. The van der Waals surface area contributed by atoms with E-state index in [-0.39, 0.29) is 4.51 Å². The van der Waals surface area contributed by atoms with Crippen LogP contribution in [0.4, 0.5) is 0 Å². The van der Waals surface area contributed by atoms with Crippen molar-refractivity contribution in [3.8, 4) is 0 Å². The average Bonchev–Trinajstić information content (AvgIpc) is 2.28. The van der Waals surface area contributed by atoms with Gasteiger partial charge in [-0.05, 0) is 34.0 Å². The SMILES string of the molecule is C=CC(Br)(CCC)OCc1ccccc1. The van der Waals surface area contributed by atoms with Crippen LogP contribution < -0.4 is 0 Å². The van der Waals surface area contributed by atoms with Gasteiger partial charge in [-0.3, -0.25) is 0 Å². The van der Waals surface area contributed by atoms with Crippen LogP contribution in [0.3, 0.4) is 0 Å². The van der Waals surface area contributed by atoms with Crippen molar-refractivity contribution < 1.29 is 4.74 Å². The van der Waals surface area contributed by atoms with E-state index in [1.54, 1.807) is 0 Å². The number of hydrogen-bond donors (Lipinski definition) is 0. The highest BCUT2D eigenvalue weighted by molar-refractivity contribution is 9.10. The van der Waals surface area contributed by atoms with Gasteiger partial charge in [-0.2, -0.15) is 0 Å². The number of halogens is 1. The number of benzene rings is 1. The Morgan fingerprint density at radius 2 is 2.07 bits per heavy atom. The Morgan fingerprint density at radius 1 is 1.40 bits per heavy atom. The van der Waals surface area contributed by atoms with Gasteiger partial charge in [-0.1, -0.05) is 50.3 Å². The molecular formula is C13H17BrO. The van der Waals surface area contributed by atoms with Crippen LogP contribution in [0.1, 0.15) is 25.3 Å². The second kappa shape index (κ2) is 6.09. The molecule has 2 heteroatoms. The second-order valence-corrected chi connectivity index (χ2v) is 4.86. The molecule has 0 aliphatic rings. The molecule has 0 saturated heterocycles. The lowest BCUT2D eigenvalue weighted by molar-refractivity contribution is 0.0460. The molecule has 0 N–H and O–H groups in total. The lowest BCUT2D eigenvalue weighted by Crippen LogP contribution is -2.21. The highest BCUT2D eigenvalue weighted by Gasteiger charge is 2.21. The minimum atomic E-state index is -0.377. The van der Waals surface area contributed by atoms with E-state index in [1.165, 1.54) is 5.56 Å². The smallest absolute Gasteiger partial charge is 0.141 e. The molecule has 0 spiro atoms. The van der Waals surface area contributed by atoms with Crippen LogP contribution in [-0.2, 0) is 11.3 Å². The highest BCUT2D eigenvalue weighted by Crippen LogP contribution is 2.28. The van der Waals surface area contributed by atoms with E-state index in [2.05, 4.69) is 41.6 Å². The predicted octanol–water partition coefficient (Wildman–Crippen LogP) is 4.28. The summed E-state index contributed by atoms with van der Waals surface area (Å²) in [5, 5.41) is 0. The predicted molar refractivity (Wildman–Crippen MR) is 68.0 cm³/mol. The fourth-order valence-electron chi connectivity index (χ4n) is 1.35. The van der Waals surface area contributed by atoms with Gasteiger partial charge >= 0.3 is 0 Å². The molecule has 1 rings (SSSR count). The van der Waals surface area contributed by atoms with Gasteiger partial charge in [-0.25, -0.2) is 0 Å². The fourth-order valence-corrected chi connectivity index (χ4v) is 1.86. The normalized spacial score (nSPS) is 14.5. The lowest BCUT2D eigenvalue weighted by Gasteiger charge is -2.23. The number of rotatable bonds is 6. The van der Waals surface area contributed by atoms with Crippen molar-refractivity contribution in [3.05, 3.63) is 48.6 Å². The van der Waals surface area contributed by atoms with Gasteiger partial charge in [0.05, 0.1) is 6.61 Å². The molecule has 1 aromatic rings. The summed E-state index contributed by atoms with van der Waals surface area (Å²) in [6.07, 6.45) is 3.81. The summed E-state index contributed by atoms with van der Waals surface area (Å²) in [5.74, 6) is 0. The third kappa shape index (κ3) is 4.18. The fraction of sp³-hybridized carbons (Fsp3) is 0.385. The third-order valence-corrected chi connectivity index (χ3v) is 3.17. The van der Waals surface area contributed by atoms with Gasteiger partial charge < -0.3 is 4.74 Å². The number of ether oxygens (including phenoxy) is 1. The first kappa shape index (κ1) is 12.5. The molecule has 82 valence electrons. The van der Waals surface area contributed by atoms with Crippen LogP contribution in [0.25, 0.3) is 0 Å². The Labute approximate surface area is 100 Å². The number of hydrogen-bond acceptors (Lipinski definition) is 1. The summed E-state index contributed by atoms with van der Waals surface area (Å²) in [7, 11) is 0. The van der Waals surface area contributed by atoms with E-state index >= 15 is 0 Å². The summed E-state index contributed by atoms with van der Waals surface area (Å²) in [4.78, 5) is 0. The zero-order valence-electron chi connectivity index (χ0n) is 9.08. The van der Waals surface area contributed by atoms with E-state index in [1.807, 2.05) is 24.3 Å². The first-order valence-electron chi connectivity index (χ1n) is 5.20. The largest absolute Gasteiger partial charge is 0.355 e. The van der Waals surface area contributed by atoms with Crippen LogP contribution >= 0.6 is 15.9 Å². The summed E-state index contributed by atoms with van der Waals surface area (Å²) in [6, 6.07) is 10.2. The van der Waals surface area contributed by atoms with Gasteiger partial charge in [0.1, 0.15) is 4.51 Å². The summed E-state index contributed by atoms with van der Waals surface area (Å²) >= 11 is 3.56. The van der Waals surface area contributed by atoms with Crippen molar-refractivity contribution >= 4 is 15.9 Å². The maximum atomic E-state index is 5.80. The average molecular weight is 269 g/mol. The minimum absolute atomic E-state index is 0.377. The van der Waals surface area contributed by atoms with E-state index in [0.717, 1.165) is 12.8 Å². The summed E-state index contributed by atoms with van der Waals surface area (Å²) in [6.45, 7) is 6.53. The van der Waals surface area contributed by atoms with Crippen molar-refractivity contribution in [2.45, 2.75) is 30.9 Å². The Bertz CT molecular complexity index is 297. The van der Waals surface area contributed by atoms with Gasteiger partial charge in [0, 0.05) is 0 Å². The van der Waals surface area contributed by atoms with Crippen molar-refractivity contribution in [1.29, 1.82) is 0 Å². The Morgan fingerprint density at radius 3 is 2.60 bits per heavy atom. The molecular weight excluding hydrogens is 252 g/mol. The topological polar surface area (TPSA) is 9.23 Å². The van der Waals surface area contributed by atoms with Crippen molar-refractivity contribution in [2.75, 3.05) is 0 Å². The van der Waals surface area contributed by atoms with E-state index in [9.17, 15) is 0 Å². The van der Waals surface area contributed by atoms with Crippen molar-refractivity contribution in [3.63, 3.8) is 0 Å². The monoisotopic (exact) mass is 268 g/mol. The first-order chi connectivity index (χ1) is 7.20. The Hall–Kier alpha value is -0.600. The Kier molecular flexibility index (Phi) is 5.06. The lowest BCUT2D eigenvalue weighted by atomic mass is 10.2. The molecule has 1 unspecified atom stereocenters. The Balaban J connectivity index is 2.51. The van der Waals surface area contributed by atoms with Crippen molar-refractivity contribution in [1.82, 2.24) is 0 Å². The molecule has 0 fully saturated rings. The maximum absolute atomic E-state index is 5.80. The molecule has 0 aromatic heterocycles. The first-order valence-corrected chi connectivity index (χ1v) is 6.00. The molecule has 0 aliphatic heterocycles. The molecule has 15 heavy (non-hydrogen) atoms. The van der Waals surface area contributed by atoms with E-state index < -0.39 is 0 Å². The van der Waals surface area contributed by atoms with Gasteiger partial charge in [-0.15, -0.1) is 0 Å². The van der Waals surface area contributed by atoms with E-state index in [4.69, 9.17) is 4.74 Å². The molecule has 0 saturated carbocycles. The quantitative estimate of drug-likeness (QED) is 0.553. The van der Waals surface area contributed by atoms with Gasteiger partial charge in [0.25, 0.3) is 0 Å². The molecule has 1 nitrogen and oxygen atoms in total. The standard InChI is InChI=1S/C13H17BrO/c1-3-10-13(14,4-2)15-11-12-8-6-5-7-9-12/h4-9H,2-3,10-11H2,1H3.